The average Bonchev–Trinajstić information content (AvgIpc) is 2.71. The van der Waals surface area contributed by atoms with E-state index in [1.807, 2.05) is 36.7 Å². The molecule has 1 N–H and O–H groups in total. The first-order valence-electron chi connectivity index (χ1n) is 4.39. The molecule has 2 aromatic rings. The Labute approximate surface area is 92.5 Å². The SMILES string of the molecule is N#Cc1ccc(Nn2cccc2)cc1Cl. The van der Waals surface area contributed by atoms with Crippen LogP contribution in [0.15, 0.2) is 42.7 Å². The second-order valence-corrected chi connectivity index (χ2v) is 3.42. The monoisotopic (exact) mass is 217 g/mol. The van der Waals surface area contributed by atoms with Crippen LogP contribution < -0.4 is 5.43 Å². The largest absolute Gasteiger partial charge is 0.295 e. The summed E-state index contributed by atoms with van der Waals surface area (Å²) in [5.74, 6) is 0. The molecule has 0 aliphatic rings. The number of nitrogens with zero attached hydrogens (tertiary/aromatic N) is 2. The van der Waals surface area contributed by atoms with Gasteiger partial charge in [0.25, 0.3) is 0 Å². The Hall–Kier alpha value is -1.92. The van der Waals surface area contributed by atoms with Crippen LogP contribution >= 0.6 is 11.6 Å². The van der Waals surface area contributed by atoms with Gasteiger partial charge in [0.1, 0.15) is 6.07 Å². The minimum absolute atomic E-state index is 0.453. The number of nitriles is 1. The summed E-state index contributed by atoms with van der Waals surface area (Å²) >= 11 is 5.90. The van der Waals surface area contributed by atoms with Crippen molar-refractivity contribution in [1.29, 1.82) is 5.26 Å². The van der Waals surface area contributed by atoms with E-state index in [-0.39, 0.29) is 0 Å². The lowest BCUT2D eigenvalue weighted by atomic mass is 10.2. The highest BCUT2D eigenvalue weighted by atomic mass is 35.5. The topological polar surface area (TPSA) is 40.8 Å². The maximum absolute atomic E-state index is 8.71. The zero-order chi connectivity index (χ0) is 10.7. The average molecular weight is 218 g/mol. The van der Waals surface area contributed by atoms with Gasteiger partial charge in [-0.05, 0) is 30.3 Å². The molecule has 0 aliphatic heterocycles. The lowest BCUT2D eigenvalue weighted by molar-refractivity contribution is 0.971. The van der Waals surface area contributed by atoms with Crippen LogP contribution in [0.5, 0.6) is 0 Å². The Morgan fingerprint density at radius 2 is 2.00 bits per heavy atom. The Morgan fingerprint density at radius 1 is 1.27 bits per heavy atom. The molecule has 0 bridgehead atoms. The molecule has 0 spiro atoms. The van der Waals surface area contributed by atoms with Gasteiger partial charge in [0.05, 0.1) is 16.3 Å². The van der Waals surface area contributed by atoms with Crippen LogP contribution in [-0.4, -0.2) is 4.68 Å². The highest BCUT2D eigenvalue weighted by Crippen LogP contribution is 2.20. The molecule has 2 rings (SSSR count). The molecule has 0 atom stereocenters. The summed E-state index contributed by atoms with van der Waals surface area (Å²) in [5, 5.41) is 9.16. The van der Waals surface area contributed by atoms with Gasteiger partial charge in [-0.3, -0.25) is 10.1 Å². The van der Waals surface area contributed by atoms with Gasteiger partial charge in [-0.2, -0.15) is 5.26 Å². The van der Waals surface area contributed by atoms with Gasteiger partial charge in [0, 0.05) is 12.4 Å². The molecule has 1 heterocycles. The lowest BCUT2D eigenvalue weighted by Gasteiger charge is -2.07. The van der Waals surface area contributed by atoms with Crippen LogP contribution in [0.2, 0.25) is 5.02 Å². The van der Waals surface area contributed by atoms with Gasteiger partial charge in [0.15, 0.2) is 0 Å². The van der Waals surface area contributed by atoms with Crippen molar-refractivity contribution < 1.29 is 0 Å². The van der Waals surface area contributed by atoms with Crippen LogP contribution in [0, 0.1) is 11.3 Å². The fourth-order valence-corrected chi connectivity index (χ4v) is 1.46. The quantitative estimate of drug-likeness (QED) is 0.841. The lowest BCUT2D eigenvalue weighted by Crippen LogP contribution is -2.05. The second-order valence-electron chi connectivity index (χ2n) is 3.01. The molecular formula is C11H8ClN3. The van der Waals surface area contributed by atoms with Gasteiger partial charge in [-0.25, -0.2) is 0 Å². The summed E-state index contributed by atoms with van der Waals surface area (Å²) in [6, 6.07) is 11.1. The van der Waals surface area contributed by atoms with Crippen LogP contribution in [0.3, 0.4) is 0 Å². The Morgan fingerprint density at radius 3 is 2.60 bits per heavy atom. The van der Waals surface area contributed by atoms with E-state index in [1.165, 1.54) is 0 Å². The standard InChI is InChI=1S/C11H8ClN3/c12-11-7-10(4-3-9(11)8-13)14-15-5-1-2-6-15/h1-7,14H. The molecule has 0 amide bonds. The fraction of sp³-hybridized carbons (Fsp3) is 0. The summed E-state index contributed by atoms with van der Waals surface area (Å²) in [7, 11) is 0. The van der Waals surface area contributed by atoms with Gasteiger partial charge in [0.2, 0.25) is 0 Å². The number of anilines is 1. The number of hydrogen-bond donors (Lipinski definition) is 1. The third-order valence-corrected chi connectivity index (χ3v) is 2.26. The minimum atomic E-state index is 0.453. The molecule has 0 unspecified atom stereocenters. The van der Waals surface area contributed by atoms with Gasteiger partial charge < -0.3 is 0 Å². The molecule has 15 heavy (non-hydrogen) atoms. The van der Waals surface area contributed by atoms with E-state index in [0.717, 1.165) is 5.69 Å². The van der Waals surface area contributed by atoms with E-state index in [0.29, 0.717) is 10.6 Å². The van der Waals surface area contributed by atoms with Crippen molar-refractivity contribution in [2.75, 3.05) is 5.43 Å². The number of aromatic nitrogens is 1. The molecule has 0 saturated carbocycles. The van der Waals surface area contributed by atoms with Crippen molar-refractivity contribution in [2.24, 2.45) is 0 Å². The number of hydrogen-bond acceptors (Lipinski definition) is 2. The van der Waals surface area contributed by atoms with E-state index in [9.17, 15) is 0 Å². The third-order valence-electron chi connectivity index (χ3n) is 1.95. The van der Waals surface area contributed by atoms with E-state index in [2.05, 4.69) is 5.43 Å². The van der Waals surface area contributed by atoms with Crippen molar-refractivity contribution in [3.63, 3.8) is 0 Å². The van der Waals surface area contributed by atoms with Crippen molar-refractivity contribution in [3.05, 3.63) is 53.3 Å². The predicted octanol–water partition coefficient (Wildman–Crippen LogP) is 2.89. The van der Waals surface area contributed by atoms with Crippen LogP contribution in [-0.2, 0) is 0 Å². The number of benzene rings is 1. The molecule has 4 heteroatoms. The van der Waals surface area contributed by atoms with Gasteiger partial charge >= 0.3 is 0 Å². The van der Waals surface area contributed by atoms with Crippen LogP contribution in [0.25, 0.3) is 0 Å². The van der Waals surface area contributed by atoms with Crippen molar-refractivity contribution >= 4 is 17.3 Å². The number of halogens is 1. The molecule has 1 aromatic heterocycles. The minimum Gasteiger partial charge on any atom is -0.295 e. The summed E-state index contributed by atoms with van der Waals surface area (Å²) in [4.78, 5) is 0. The fourth-order valence-electron chi connectivity index (χ4n) is 1.23. The Kier molecular flexibility index (Phi) is 2.61. The van der Waals surface area contributed by atoms with Gasteiger partial charge in [-0.1, -0.05) is 11.6 Å². The van der Waals surface area contributed by atoms with Crippen LogP contribution in [0.1, 0.15) is 5.56 Å². The molecule has 0 saturated heterocycles. The van der Waals surface area contributed by atoms with Crippen molar-refractivity contribution in [2.45, 2.75) is 0 Å². The molecule has 1 aromatic carbocycles. The predicted molar refractivity (Wildman–Crippen MR) is 59.6 cm³/mol. The Balaban J connectivity index is 2.24. The summed E-state index contributed by atoms with van der Waals surface area (Å²) in [6.07, 6.45) is 3.76. The maximum Gasteiger partial charge on any atom is 0.101 e. The number of rotatable bonds is 2. The summed E-state index contributed by atoms with van der Waals surface area (Å²) < 4.78 is 1.80. The third kappa shape index (κ3) is 2.12. The number of nitrogens with one attached hydrogen (secondary N) is 1. The smallest absolute Gasteiger partial charge is 0.101 e. The van der Waals surface area contributed by atoms with E-state index in [4.69, 9.17) is 16.9 Å². The van der Waals surface area contributed by atoms with Crippen molar-refractivity contribution in [3.8, 4) is 6.07 Å². The van der Waals surface area contributed by atoms with Gasteiger partial charge in [-0.15, -0.1) is 0 Å². The molecule has 0 radical (unpaired) electrons. The first-order chi connectivity index (χ1) is 7.29. The highest BCUT2D eigenvalue weighted by molar-refractivity contribution is 6.32. The first kappa shape index (κ1) is 9.63. The molecule has 3 nitrogen and oxygen atoms in total. The van der Waals surface area contributed by atoms with E-state index >= 15 is 0 Å². The molecule has 0 aliphatic carbocycles. The first-order valence-corrected chi connectivity index (χ1v) is 4.77. The van der Waals surface area contributed by atoms with Crippen LogP contribution in [0.4, 0.5) is 5.69 Å². The molecular weight excluding hydrogens is 210 g/mol. The highest BCUT2D eigenvalue weighted by Gasteiger charge is 2.00. The summed E-state index contributed by atoms with van der Waals surface area (Å²) in [6.45, 7) is 0. The zero-order valence-corrected chi connectivity index (χ0v) is 8.57. The van der Waals surface area contributed by atoms with Crippen molar-refractivity contribution in [1.82, 2.24) is 4.68 Å². The molecule has 0 fully saturated rings. The normalized spacial score (nSPS) is 9.60. The van der Waals surface area contributed by atoms with E-state index in [1.54, 1.807) is 16.8 Å². The van der Waals surface area contributed by atoms with E-state index < -0.39 is 0 Å². The maximum atomic E-state index is 8.71. The Bertz CT molecular complexity index is 497. The second kappa shape index (κ2) is 4.07. The summed E-state index contributed by atoms with van der Waals surface area (Å²) in [5.41, 5.74) is 4.42. The molecule has 74 valence electrons. The zero-order valence-electron chi connectivity index (χ0n) is 7.81.